The maximum atomic E-state index is 14.6. The molecular formula is C34H24BrCl3N2O3. The minimum atomic E-state index is -1.33. The number of rotatable bonds is 5. The monoisotopic (exact) mass is 692 g/mol. The van der Waals surface area contributed by atoms with Gasteiger partial charge in [-0.15, -0.1) is 23.2 Å². The van der Waals surface area contributed by atoms with E-state index in [0.717, 1.165) is 16.0 Å². The van der Waals surface area contributed by atoms with Gasteiger partial charge in [-0.25, -0.2) is 0 Å². The van der Waals surface area contributed by atoms with Gasteiger partial charge >= 0.3 is 0 Å². The van der Waals surface area contributed by atoms with Crippen molar-refractivity contribution in [3.8, 4) is 0 Å². The quantitative estimate of drug-likeness (QED) is 0.173. The fourth-order valence-corrected chi connectivity index (χ4v) is 8.85. The number of aryl methyl sites for hydroxylation is 1. The molecule has 8 rings (SSSR count). The molecule has 3 atom stereocenters. The second-order valence-corrected chi connectivity index (χ2v) is 13.7. The lowest BCUT2D eigenvalue weighted by Gasteiger charge is -2.54. The SMILES string of the molecule is Cc1cc(Br)c(Cl)cc1NC(=O)[C@H](Cc1ccccc1)N1C(=O)[C@H]2[C@H](C1=O)C1(Cl)c3ccccc3C2(Cl)c2ccccc21. The zero-order chi connectivity index (χ0) is 30.3. The van der Waals surface area contributed by atoms with Crippen molar-refractivity contribution in [2.75, 3.05) is 5.32 Å². The summed E-state index contributed by atoms with van der Waals surface area (Å²) < 4.78 is 0.689. The van der Waals surface area contributed by atoms with Gasteiger partial charge < -0.3 is 5.32 Å². The first-order valence-electron chi connectivity index (χ1n) is 13.8. The first kappa shape index (κ1) is 28.6. The third-order valence-electron chi connectivity index (χ3n) is 9.03. The van der Waals surface area contributed by atoms with Crippen LogP contribution < -0.4 is 5.32 Å². The zero-order valence-corrected chi connectivity index (χ0v) is 26.6. The molecule has 1 heterocycles. The Morgan fingerprint density at radius 2 is 1.30 bits per heavy atom. The van der Waals surface area contributed by atoms with Crippen LogP contribution in [-0.2, 0) is 30.6 Å². The third kappa shape index (κ3) is 4.00. The highest BCUT2D eigenvalue weighted by Crippen LogP contribution is 2.69. The Kier molecular flexibility index (Phi) is 6.78. The molecule has 43 heavy (non-hydrogen) atoms. The lowest BCUT2D eigenvalue weighted by Crippen LogP contribution is -2.57. The molecule has 3 aliphatic carbocycles. The molecule has 1 N–H and O–H groups in total. The number of carbonyl (C=O) groups excluding carboxylic acids is 3. The second kappa shape index (κ2) is 10.2. The summed E-state index contributed by atoms with van der Waals surface area (Å²) in [4.78, 5) is 41.8. The van der Waals surface area contributed by atoms with E-state index in [0.29, 0.717) is 37.4 Å². The Hall–Kier alpha value is -3.16. The van der Waals surface area contributed by atoms with Crippen LogP contribution in [0.1, 0.15) is 33.4 Å². The smallest absolute Gasteiger partial charge is 0.248 e. The Bertz CT molecular complexity index is 1720. The topological polar surface area (TPSA) is 66.5 Å². The van der Waals surface area contributed by atoms with Crippen LogP contribution >= 0.6 is 50.7 Å². The van der Waals surface area contributed by atoms with Gasteiger partial charge in [0.15, 0.2) is 0 Å². The minimum absolute atomic E-state index is 0.109. The Balaban J connectivity index is 1.36. The summed E-state index contributed by atoms with van der Waals surface area (Å²) in [6.07, 6.45) is 0.109. The van der Waals surface area contributed by atoms with Gasteiger partial charge in [0, 0.05) is 16.6 Å². The van der Waals surface area contributed by atoms with Crippen molar-refractivity contribution in [2.24, 2.45) is 11.8 Å². The Labute approximate surface area is 272 Å². The van der Waals surface area contributed by atoms with E-state index >= 15 is 0 Å². The molecule has 216 valence electrons. The van der Waals surface area contributed by atoms with Gasteiger partial charge in [0.25, 0.3) is 0 Å². The summed E-state index contributed by atoms with van der Waals surface area (Å²) in [7, 11) is 0. The number of hydrogen-bond acceptors (Lipinski definition) is 3. The van der Waals surface area contributed by atoms with E-state index in [2.05, 4.69) is 21.2 Å². The largest absolute Gasteiger partial charge is 0.324 e. The number of imide groups is 1. The molecule has 1 fully saturated rings. The fourth-order valence-electron chi connectivity index (χ4n) is 7.13. The number of amides is 3. The summed E-state index contributed by atoms with van der Waals surface area (Å²) in [6, 6.07) is 26.5. The first-order valence-corrected chi connectivity index (χ1v) is 15.8. The molecule has 4 aromatic rings. The molecule has 3 amide bonds. The van der Waals surface area contributed by atoms with E-state index in [4.69, 9.17) is 34.8 Å². The number of likely N-dealkylation sites (tertiary alicyclic amines) is 1. The predicted octanol–water partition coefficient (Wildman–Crippen LogP) is 7.55. The lowest BCUT2D eigenvalue weighted by atomic mass is 9.54. The number of carbonyl (C=O) groups is 3. The van der Waals surface area contributed by atoms with Crippen molar-refractivity contribution >= 4 is 74.1 Å². The normalized spacial score (nSPS) is 25.7. The molecule has 0 unspecified atom stereocenters. The first-order chi connectivity index (χ1) is 20.6. The summed E-state index contributed by atoms with van der Waals surface area (Å²) in [5.41, 5.74) is 4.86. The summed E-state index contributed by atoms with van der Waals surface area (Å²) in [6.45, 7) is 1.84. The maximum Gasteiger partial charge on any atom is 0.248 e. The number of nitrogens with one attached hydrogen (secondary N) is 1. The minimum Gasteiger partial charge on any atom is -0.324 e. The van der Waals surface area contributed by atoms with Crippen LogP contribution in [-0.4, -0.2) is 28.7 Å². The molecule has 2 bridgehead atoms. The van der Waals surface area contributed by atoms with Crippen LogP contribution in [0.3, 0.4) is 0 Å². The molecule has 0 spiro atoms. The molecule has 0 aromatic heterocycles. The van der Waals surface area contributed by atoms with Gasteiger partial charge in [0.2, 0.25) is 17.7 Å². The molecule has 1 saturated heterocycles. The van der Waals surface area contributed by atoms with E-state index in [9.17, 15) is 14.4 Å². The third-order valence-corrected chi connectivity index (χ3v) is 11.5. The van der Waals surface area contributed by atoms with Crippen LogP contribution in [0.4, 0.5) is 5.69 Å². The summed E-state index contributed by atoms with van der Waals surface area (Å²) >= 11 is 24.9. The average molecular weight is 695 g/mol. The predicted molar refractivity (Wildman–Crippen MR) is 171 cm³/mol. The molecule has 0 radical (unpaired) electrons. The standard InChI is InChI=1S/C34H24BrCl3N2O3/c1-18-15-24(35)25(36)17-26(18)39-30(41)27(16-19-9-3-2-4-10-19)40-31(42)28-29(32(40)43)34(38)21-12-6-5-11-20(21)33(28,37)22-13-7-8-14-23(22)34/h2-15,17,27-29H,16H2,1H3,(H,39,41)/t27-,28+,29+,33?,34?/m0/s1. The van der Waals surface area contributed by atoms with Crippen molar-refractivity contribution in [1.82, 2.24) is 4.90 Å². The number of benzene rings is 4. The van der Waals surface area contributed by atoms with Gasteiger partial charge in [-0.05, 0) is 68.4 Å². The van der Waals surface area contributed by atoms with Crippen molar-refractivity contribution in [2.45, 2.75) is 29.1 Å². The Morgan fingerprint density at radius 1 is 0.837 bits per heavy atom. The highest BCUT2D eigenvalue weighted by atomic mass is 79.9. The van der Waals surface area contributed by atoms with E-state index in [1.165, 1.54) is 0 Å². The van der Waals surface area contributed by atoms with E-state index in [1.54, 1.807) is 12.1 Å². The van der Waals surface area contributed by atoms with Crippen molar-refractivity contribution in [1.29, 1.82) is 0 Å². The maximum absolute atomic E-state index is 14.6. The second-order valence-electron chi connectivity index (χ2n) is 11.3. The molecule has 4 aromatic carbocycles. The molecule has 1 aliphatic heterocycles. The van der Waals surface area contributed by atoms with Gasteiger partial charge in [0.1, 0.15) is 15.8 Å². The summed E-state index contributed by atoms with van der Waals surface area (Å²) in [5, 5.41) is 3.35. The van der Waals surface area contributed by atoms with E-state index < -0.39 is 45.3 Å². The fraction of sp³-hybridized carbons (Fsp3) is 0.206. The average Bonchev–Trinajstić information content (AvgIpc) is 3.28. The molecule has 5 nitrogen and oxygen atoms in total. The molecular weight excluding hydrogens is 671 g/mol. The number of hydrogen-bond donors (Lipinski definition) is 1. The van der Waals surface area contributed by atoms with Crippen molar-refractivity contribution < 1.29 is 14.4 Å². The highest BCUT2D eigenvalue weighted by Gasteiger charge is 2.73. The number of nitrogens with zero attached hydrogens (tertiary/aromatic N) is 1. The highest BCUT2D eigenvalue weighted by molar-refractivity contribution is 9.10. The van der Waals surface area contributed by atoms with E-state index in [1.807, 2.05) is 85.8 Å². The van der Waals surface area contributed by atoms with Crippen molar-refractivity contribution in [3.05, 3.63) is 134 Å². The summed E-state index contributed by atoms with van der Waals surface area (Å²) in [5.74, 6) is -3.54. The van der Waals surface area contributed by atoms with Gasteiger partial charge in [0.05, 0.1) is 16.9 Å². The van der Waals surface area contributed by atoms with Crippen LogP contribution in [0.15, 0.2) is 95.5 Å². The van der Waals surface area contributed by atoms with Gasteiger partial charge in [-0.3, -0.25) is 19.3 Å². The zero-order valence-electron chi connectivity index (χ0n) is 22.8. The number of anilines is 1. The van der Waals surface area contributed by atoms with Crippen LogP contribution in [0.25, 0.3) is 0 Å². The lowest BCUT2D eigenvalue weighted by molar-refractivity contribution is -0.146. The van der Waals surface area contributed by atoms with Crippen LogP contribution in [0.5, 0.6) is 0 Å². The molecule has 4 aliphatic rings. The van der Waals surface area contributed by atoms with E-state index in [-0.39, 0.29) is 6.42 Å². The molecule has 9 heteroatoms. The van der Waals surface area contributed by atoms with Gasteiger partial charge in [-0.1, -0.05) is 90.5 Å². The Morgan fingerprint density at radius 3 is 1.79 bits per heavy atom. The van der Waals surface area contributed by atoms with Crippen LogP contribution in [0, 0.1) is 18.8 Å². The van der Waals surface area contributed by atoms with Gasteiger partial charge in [-0.2, -0.15) is 0 Å². The van der Waals surface area contributed by atoms with Crippen LogP contribution in [0.2, 0.25) is 5.02 Å². The van der Waals surface area contributed by atoms with Crippen molar-refractivity contribution in [3.63, 3.8) is 0 Å². The number of halogens is 4. The molecule has 0 saturated carbocycles. The number of alkyl halides is 2.